The van der Waals surface area contributed by atoms with Crippen LogP contribution in [0.2, 0.25) is 5.02 Å². The minimum atomic E-state index is -0.353. The number of carbonyl (C=O) groups excluding carboxylic acids is 1. The van der Waals surface area contributed by atoms with Crippen LogP contribution in [0.15, 0.2) is 48.5 Å². The molecule has 3 rings (SSSR count). The highest BCUT2D eigenvalue weighted by molar-refractivity contribution is 6.30. The number of aromatic amines is 1. The zero-order valence-corrected chi connectivity index (χ0v) is 15.0. The number of nitrogens with one attached hydrogen (secondary N) is 3. The molecular formula is C18H18ClN5O2. The quantitative estimate of drug-likeness (QED) is 0.631. The lowest BCUT2D eigenvalue weighted by atomic mass is 10.2. The van der Waals surface area contributed by atoms with Gasteiger partial charge in [-0.15, -0.1) is 0 Å². The minimum Gasteiger partial charge on any atom is -0.497 e. The first kappa shape index (κ1) is 17.8. The second-order valence-corrected chi connectivity index (χ2v) is 6.04. The first-order chi connectivity index (χ1) is 12.5. The molecule has 3 aromatic rings. The number of carbonyl (C=O) groups is 1. The molecule has 0 aliphatic heterocycles. The molecule has 0 aliphatic rings. The molecule has 0 saturated heterocycles. The predicted octanol–water partition coefficient (Wildman–Crippen LogP) is 4.02. The molecule has 0 unspecified atom stereocenters. The second kappa shape index (κ2) is 7.88. The lowest BCUT2D eigenvalue weighted by Gasteiger charge is -2.12. The van der Waals surface area contributed by atoms with Crippen molar-refractivity contribution in [2.45, 2.75) is 13.0 Å². The number of urea groups is 1. The zero-order chi connectivity index (χ0) is 18.5. The van der Waals surface area contributed by atoms with Gasteiger partial charge < -0.3 is 15.4 Å². The van der Waals surface area contributed by atoms with Crippen molar-refractivity contribution in [3.63, 3.8) is 0 Å². The lowest BCUT2D eigenvalue weighted by molar-refractivity contribution is 0.249. The lowest BCUT2D eigenvalue weighted by Crippen LogP contribution is -2.31. The summed E-state index contributed by atoms with van der Waals surface area (Å²) < 4.78 is 5.14. The molecule has 0 radical (unpaired) electrons. The molecule has 26 heavy (non-hydrogen) atoms. The van der Waals surface area contributed by atoms with Crippen LogP contribution in [0.1, 0.15) is 18.8 Å². The largest absolute Gasteiger partial charge is 0.497 e. The monoisotopic (exact) mass is 371 g/mol. The maximum absolute atomic E-state index is 12.2. The van der Waals surface area contributed by atoms with Crippen molar-refractivity contribution in [3.05, 3.63) is 59.4 Å². The Bertz CT molecular complexity index is 895. The molecule has 0 aliphatic carbocycles. The van der Waals surface area contributed by atoms with Crippen LogP contribution >= 0.6 is 11.6 Å². The summed E-state index contributed by atoms with van der Waals surface area (Å²) in [6.45, 7) is 1.82. The Morgan fingerprint density at radius 3 is 2.73 bits per heavy atom. The third-order valence-electron chi connectivity index (χ3n) is 3.69. The molecular weight excluding hydrogens is 354 g/mol. The van der Waals surface area contributed by atoms with E-state index in [1.54, 1.807) is 43.5 Å². The number of hydrogen-bond acceptors (Lipinski definition) is 4. The first-order valence-electron chi connectivity index (χ1n) is 7.95. The number of anilines is 1. The van der Waals surface area contributed by atoms with E-state index in [1.807, 2.05) is 19.1 Å². The van der Waals surface area contributed by atoms with Gasteiger partial charge in [0.2, 0.25) is 0 Å². The number of halogens is 1. The molecule has 2 aromatic carbocycles. The predicted molar refractivity (Wildman–Crippen MR) is 100 cm³/mol. The van der Waals surface area contributed by atoms with Crippen LogP contribution in [0.5, 0.6) is 5.75 Å². The molecule has 8 heteroatoms. The fourth-order valence-electron chi connectivity index (χ4n) is 2.33. The summed E-state index contributed by atoms with van der Waals surface area (Å²) in [4.78, 5) is 16.6. The van der Waals surface area contributed by atoms with Gasteiger partial charge in [0.05, 0.1) is 13.2 Å². The maximum atomic E-state index is 12.2. The Hall–Kier alpha value is -3.06. The SMILES string of the molecule is COc1cccc(NC(=O)N[C@H](C)c2nc(-c3ccc(Cl)cc3)n[nH]2)c1. The summed E-state index contributed by atoms with van der Waals surface area (Å²) >= 11 is 5.89. The van der Waals surface area contributed by atoms with E-state index in [9.17, 15) is 4.79 Å². The molecule has 1 aromatic heterocycles. The number of rotatable bonds is 5. The van der Waals surface area contributed by atoms with Crippen LogP contribution in [0.25, 0.3) is 11.4 Å². The number of ether oxygens (including phenoxy) is 1. The summed E-state index contributed by atoms with van der Waals surface area (Å²) in [5.41, 5.74) is 1.47. The Balaban J connectivity index is 1.63. The molecule has 0 fully saturated rings. The summed E-state index contributed by atoms with van der Waals surface area (Å²) in [7, 11) is 1.57. The number of methoxy groups -OCH3 is 1. The van der Waals surface area contributed by atoms with E-state index in [0.29, 0.717) is 28.1 Å². The first-order valence-corrected chi connectivity index (χ1v) is 8.33. The standard InChI is InChI=1S/C18H18ClN5O2/c1-11(20-18(25)21-14-4-3-5-15(10-14)26-2)16-22-17(24-23-16)12-6-8-13(19)9-7-12/h3-11H,1-2H3,(H2,20,21,25)(H,22,23,24)/t11-/m1/s1. The van der Waals surface area contributed by atoms with Gasteiger partial charge in [0.25, 0.3) is 0 Å². The van der Waals surface area contributed by atoms with Gasteiger partial charge >= 0.3 is 6.03 Å². The third kappa shape index (κ3) is 4.31. The maximum Gasteiger partial charge on any atom is 0.319 e. The van der Waals surface area contributed by atoms with Gasteiger partial charge in [-0.25, -0.2) is 9.78 Å². The molecule has 1 heterocycles. The van der Waals surface area contributed by atoms with E-state index < -0.39 is 0 Å². The number of H-pyrrole nitrogens is 1. The van der Waals surface area contributed by atoms with Crippen molar-refractivity contribution < 1.29 is 9.53 Å². The normalized spacial score (nSPS) is 11.7. The molecule has 7 nitrogen and oxygen atoms in total. The van der Waals surface area contributed by atoms with E-state index in [0.717, 1.165) is 5.56 Å². The van der Waals surface area contributed by atoms with Crippen molar-refractivity contribution in [1.82, 2.24) is 20.5 Å². The van der Waals surface area contributed by atoms with E-state index in [4.69, 9.17) is 16.3 Å². The van der Waals surface area contributed by atoms with Crippen LogP contribution in [0.3, 0.4) is 0 Å². The van der Waals surface area contributed by atoms with E-state index in [-0.39, 0.29) is 12.1 Å². The summed E-state index contributed by atoms with van der Waals surface area (Å²) in [5, 5.41) is 13.2. The van der Waals surface area contributed by atoms with Crippen LogP contribution in [-0.2, 0) is 0 Å². The topological polar surface area (TPSA) is 91.9 Å². The fraction of sp³-hybridized carbons (Fsp3) is 0.167. The highest BCUT2D eigenvalue weighted by Gasteiger charge is 2.15. The third-order valence-corrected chi connectivity index (χ3v) is 3.94. The zero-order valence-electron chi connectivity index (χ0n) is 14.3. The van der Waals surface area contributed by atoms with Gasteiger partial charge in [0.1, 0.15) is 11.6 Å². The van der Waals surface area contributed by atoms with Gasteiger partial charge in [-0.1, -0.05) is 17.7 Å². The van der Waals surface area contributed by atoms with Crippen molar-refractivity contribution in [2.75, 3.05) is 12.4 Å². The fourth-order valence-corrected chi connectivity index (χ4v) is 2.46. The van der Waals surface area contributed by atoms with Gasteiger partial charge in [-0.3, -0.25) is 5.10 Å². The molecule has 0 bridgehead atoms. The second-order valence-electron chi connectivity index (χ2n) is 5.60. The van der Waals surface area contributed by atoms with Crippen molar-refractivity contribution in [1.29, 1.82) is 0 Å². The summed E-state index contributed by atoms with van der Waals surface area (Å²) in [6.07, 6.45) is 0. The molecule has 3 N–H and O–H groups in total. The number of nitrogens with zero attached hydrogens (tertiary/aromatic N) is 2. The number of hydrogen-bond donors (Lipinski definition) is 3. The smallest absolute Gasteiger partial charge is 0.319 e. The number of amides is 2. The Morgan fingerprint density at radius 2 is 2.00 bits per heavy atom. The molecule has 0 spiro atoms. The van der Waals surface area contributed by atoms with Crippen LogP contribution in [0, 0.1) is 0 Å². The van der Waals surface area contributed by atoms with Gasteiger partial charge in [-0.05, 0) is 43.3 Å². The van der Waals surface area contributed by atoms with Crippen molar-refractivity contribution in [3.8, 4) is 17.1 Å². The summed E-state index contributed by atoms with van der Waals surface area (Å²) in [6, 6.07) is 13.6. The van der Waals surface area contributed by atoms with Crippen LogP contribution in [-0.4, -0.2) is 28.3 Å². The van der Waals surface area contributed by atoms with Gasteiger partial charge in [0.15, 0.2) is 5.82 Å². The van der Waals surface area contributed by atoms with Crippen LogP contribution in [0.4, 0.5) is 10.5 Å². The molecule has 1 atom stereocenters. The van der Waals surface area contributed by atoms with Gasteiger partial charge in [0, 0.05) is 22.3 Å². The molecule has 2 amide bonds. The molecule has 0 saturated carbocycles. The summed E-state index contributed by atoms with van der Waals surface area (Å²) in [5.74, 6) is 1.76. The Morgan fingerprint density at radius 1 is 1.23 bits per heavy atom. The Kier molecular flexibility index (Phi) is 5.38. The van der Waals surface area contributed by atoms with E-state index in [1.165, 1.54) is 0 Å². The average molecular weight is 372 g/mol. The van der Waals surface area contributed by atoms with Crippen molar-refractivity contribution >= 4 is 23.3 Å². The molecule has 134 valence electrons. The highest BCUT2D eigenvalue weighted by atomic mass is 35.5. The van der Waals surface area contributed by atoms with E-state index in [2.05, 4.69) is 25.8 Å². The highest BCUT2D eigenvalue weighted by Crippen LogP contribution is 2.20. The average Bonchev–Trinajstić information content (AvgIpc) is 3.12. The van der Waals surface area contributed by atoms with Crippen LogP contribution < -0.4 is 15.4 Å². The number of benzene rings is 2. The number of aromatic nitrogens is 3. The van der Waals surface area contributed by atoms with Crippen molar-refractivity contribution in [2.24, 2.45) is 0 Å². The Labute approximate surface area is 155 Å². The van der Waals surface area contributed by atoms with Gasteiger partial charge in [-0.2, -0.15) is 5.10 Å². The van der Waals surface area contributed by atoms with E-state index >= 15 is 0 Å². The minimum absolute atomic E-state index is 0.352.